The summed E-state index contributed by atoms with van der Waals surface area (Å²) >= 11 is 0. The molecule has 0 amide bonds. The molecule has 3 rings (SSSR count). The van der Waals surface area contributed by atoms with Gasteiger partial charge >= 0.3 is 0 Å². The SMILES string of the molecule is CC1(C)C(Nc2ccc(F)cc2F)C2CCCOC21. The number of nitrogens with one attached hydrogen (secondary N) is 1. The lowest BCUT2D eigenvalue weighted by molar-refractivity contribution is -0.177. The van der Waals surface area contributed by atoms with Crippen molar-refractivity contribution in [3.63, 3.8) is 0 Å². The number of halogens is 2. The first kappa shape index (κ1) is 12.9. The van der Waals surface area contributed by atoms with Crippen LogP contribution in [0.1, 0.15) is 26.7 Å². The Hall–Kier alpha value is -1.16. The van der Waals surface area contributed by atoms with Gasteiger partial charge in [0.05, 0.1) is 11.8 Å². The highest BCUT2D eigenvalue weighted by Gasteiger charge is 2.58. The molecule has 0 spiro atoms. The van der Waals surface area contributed by atoms with Crippen LogP contribution in [0, 0.1) is 23.0 Å². The van der Waals surface area contributed by atoms with Gasteiger partial charge in [-0.2, -0.15) is 0 Å². The number of ether oxygens (including phenoxy) is 1. The lowest BCUT2D eigenvalue weighted by Gasteiger charge is -2.60. The fraction of sp³-hybridized carbons (Fsp3) is 0.600. The average molecular weight is 267 g/mol. The molecule has 0 radical (unpaired) electrons. The lowest BCUT2D eigenvalue weighted by atomic mass is 9.55. The van der Waals surface area contributed by atoms with Gasteiger partial charge in [-0.25, -0.2) is 8.78 Å². The molecule has 1 heterocycles. The van der Waals surface area contributed by atoms with Crippen molar-refractivity contribution < 1.29 is 13.5 Å². The summed E-state index contributed by atoms with van der Waals surface area (Å²) in [4.78, 5) is 0. The number of fused-ring (bicyclic) bond motifs is 1. The van der Waals surface area contributed by atoms with E-state index in [-0.39, 0.29) is 17.6 Å². The molecule has 1 saturated heterocycles. The first-order valence-electron chi connectivity index (χ1n) is 6.83. The summed E-state index contributed by atoms with van der Waals surface area (Å²) in [6.45, 7) is 5.10. The Balaban J connectivity index is 1.79. The number of hydrogen-bond acceptors (Lipinski definition) is 2. The van der Waals surface area contributed by atoms with Crippen molar-refractivity contribution in [1.29, 1.82) is 0 Å². The first-order valence-corrected chi connectivity index (χ1v) is 6.83. The second-order valence-electron chi connectivity index (χ2n) is 6.17. The largest absolute Gasteiger partial charge is 0.379 e. The Morgan fingerprint density at radius 2 is 2.11 bits per heavy atom. The van der Waals surface area contributed by atoms with Crippen LogP contribution in [0.3, 0.4) is 0 Å². The molecule has 1 aromatic rings. The monoisotopic (exact) mass is 267 g/mol. The summed E-state index contributed by atoms with van der Waals surface area (Å²) in [6, 6.07) is 3.85. The van der Waals surface area contributed by atoms with Gasteiger partial charge < -0.3 is 10.1 Å². The summed E-state index contributed by atoms with van der Waals surface area (Å²) in [5, 5.41) is 3.24. The molecule has 3 unspecified atom stereocenters. The van der Waals surface area contributed by atoms with Crippen LogP contribution in [-0.4, -0.2) is 18.8 Å². The van der Waals surface area contributed by atoms with Crippen molar-refractivity contribution in [2.24, 2.45) is 11.3 Å². The lowest BCUT2D eigenvalue weighted by Crippen LogP contribution is -2.67. The van der Waals surface area contributed by atoms with Crippen LogP contribution in [0.15, 0.2) is 18.2 Å². The Kier molecular flexibility index (Phi) is 3.01. The minimum Gasteiger partial charge on any atom is -0.379 e. The van der Waals surface area contributed by atoms with Crippen LogP contribution in [0.5, 0.6) is 0 Å². The molecule has 4 heteroatoms. The van der Waals surface area contributed by atoms with E-state index in [1.54, 1.807) is 0 Å². The van der Waals surface area contributed by atoms with Gasteiger partial charge in [-0.05, 0) is 25.0 Å². The molecule has 1 aliphatic carbocycles. The molecule has 0 aromatic heterocycles. The van der Waals surface area contributed by atoms with Crippen LogP contribution in [0.4, 0.5) is 14.5 Å². The van der Waals surface area contributed by atoms with Crippen LogP contribution in [0.25, 0.3) is 0 Å². The molecule has 0 bridgehead atoms. The standard InChI is InChI=1S/C15H19F2NO/c1-15(2)13(10-4-3-7-19-14(10)15)18-12-6-5-9(16)8-11(12)17/h5-6,8,10,13-14,18H,3-4,7H2,1-2H3. The summed E-state index contributed by atoms with van der Waals surface area (Å²) in [5.74, 6) is -0.654. The number of hydrogen-bond donors (Lipinski definition) is 1. The van der Waals surface area contributed by atoms with Gasteiger partial charge in [0.2, 0.25) is 0 Å². The van der Waals surface area contributed by atoms with E-state index < -0.39 is 11.6 Å². The summed E-state index contributed by atoms with van der Waals surface area (Å²) in [7, 11) is 0. The second kappa shape index (κ2) is 4.44. The number of anilines is 1. The molecule has 1 aliphatic heterocycles. The molecule has 2 fully saturated rings. The van der Waals surface area contributed by atoms with Gasteiger partial charge in [0, 0.05) is 30.0 Å². The molecular formula is C15H19F2NO. The summed E-state index contributed by atoms with van der Waals surface area (Å²) in [5.41, 5.74) is 0.356. The average Bonchev–Trinajstić information content (AvgIpc) is 2.37. The van der Waals surface area contributed by atoms with Gasteiger partial charge in [0.1, 0.15) is 11.6 Å². The van der Waals surface area contributed by atoms with Gasteiger partial charge in [-0.1, -0.05) is 13.8 Å². The Morgan fingerprint density at radius 1 is 1.32 bits per heavy atom. The Morgan fingerprint density at radius 3 is 2.84 bits per heavy atom. The predicted molar refractivity (Wildman–Crippen MR) is 70.0 cm³/mol. The molecule has 1 aromatic carbocycles. The van der Waals surface area contributed by atoms with Crippen LogP contribution >= 0.6 is 0 Å². The molecule has 2 nitrogen and oxygen atoms in total. The fourth-order valence-electron chi connectivity index (χ4n) is 3.59. The predicted octanol–water partition coefficient (Wildman–Crippen LogP) is 3.58. The van der Waals surface area contributed by atoms with Gasteiger partial charge in [-0.15, -0.1) is 0 Å². The molecule has 1 saturated carbocycles. The maximum absolute atomic E-state index is 13.7. The van der Waals surface area contributed by atoms with Crippen molar-refractivity contribution in [3.8, 4) is 0 Å². The van der Waals surface area contributed by atoms with E-state index in [0.717, 1.165) is 25.5 Å². The van der Waals surface area contributed by atoms with E-state index in [2.05, 4.69) is 19.2 Å². The van der Waals surface area contributed by atoms with E-state index in [1.807, 2.05) is 0 Å². The van der Waals surface area contributed by atoms with E-state index in [4.69, 9.17) is 4.74 Å². The minimum atomic E-state index is -0.546. The summed E-state index contributed by atoms with van der Waals surface area (Å²) < 4.78 is 32.4. The third-order valence-electron chi connectivity index (χ3n) is 4.57. The molecule has 2 aliphatic rings. The second-order valence-corrected chi connectivity index (χ2v) is 6.17. The van der Waals surface area contributed by atoms with E-state index in [9.17, 15) is 8.78 Å². The zero-order chi connectivity index (χ0) is 13.6. The zero-order valence-corrected chi connectivity index (χ0v) is 11.2. The third kappa shape index (κ3) is 2.02. The smallest absolute Gasteiger partial charge is 0.149 e. The first-order chi connectivity index (χ1) is 9.00. The quantitative estimate of drug-likeness (QED) is 0.884. The van der Waals surface area contributed by atoms with E-state index in [1.165, 1.54) is 12.1 Å². The number of rotatable bonds is 2. The highest BCUT2D eigenvalue weighted by molar-refractivity contribution is 5.47. The maximum Gasteiger partial charge on any atom is 0.149 e. The fourth-order valence-corrected chi connectivity index (χ4v) is 3.59. The third-order valence-corrected chi connectivity index (χ3v) is 4.57. The van der Waals surface area contributed by atoms with Crippen molar-refractivity contribution in [1.82, 2.24) is 0 Å². The molecule has 1 N–H and O–H groups in total. The molecule has 3 atom stereocenters. The topological polar surface area (TPSA) is 21.3 Å². The van der Waals surface area contributed by atoms with Crippen molar-refractivity contribution in [3.05, 3.63) is 29.8 Å². The minimum absolute atomic E-state index is 0.0219. The van der Waals surface area contributed by atoms with Crippen LogP contribution in [0.2, 0.25) is 0 Å². The normalized spacial score (nSPS) is 32.3. The van der Waals surface area contributed by atoms with Crippen LogP contribution in [-0.2, 0) is 4.74 Å². The van der Waals surface area contributed by atoms with Crippen LogP contribution < -0.4 is 5.32 Å². The van der Waals surface area contributed by atoms with Gasteiger partial charge in [0.25, 0.3) is 0 Å². The Labute approximate surface area is 112 Å². The van der Waals surface area contributed by atoms with Crippen molar-refractivity contribution in [2.75, 3.05) is 11.9 Å². The van der Waals surface area contributed by atoms with E-state index in [0.29, 0.717) is 11.6 Å². The van der Waals surface area contributed by atoms with Gasteiger partial charge in [0.15, 0.2) is 0 Å². The highest BCUT2D eigenvalue weighted by atomic mass is 19.1. The highest BCUT2D eigenvalue weighted by Crippen LogP contribution is 2.52. The number of benzene rings is 1. The molecular weight excluding hydrogens is 248 g/mol. The zero-order valence-electron chi connectivity index (χ0n) is 11.2. The van der Waals surface area contributed by atoms with Gasteiger partial charge in [-0.3, -0.25) is 0 Å². The van der Waals surface area contributed by atoms with Crippen molar-refractivity contribution in [2.45, 2.75) is 38.8 Å². The van der Waals surface area contributed by atoms with Crippen molar-refractivity contribution >= 4 is 5.69 Å². The Bertz CT molecular complexity index is 489. The maximum atomic E-state index is 13.7. The summed E-state index contributed by atoms with van der Waals surface area (Å²) in [6.07, 6.45) is 2.41. The van der Waals surface area contributed by atoms with E-state index >= 15 is 0 Å². The molecule has 19 heavy (non-hydrogen) atoms. The molecule has 104 valence electrons.